The molecule has 1 aliphatic rings. The van der Waals surface area contributed by atoms with Gasteiger partial charge in [0.1, 0.15) is 18.4 Å². The molecule has 0 fully saturated rings. The van der Waals surface area contributed by atoms with Crippen molar-refractivity contribution in [3.05, 3.63) is 53.6 Å². The van der Waals surface area contributed by atoms with E-state index in [0.717, 1.165) is 22.3 Å². The average Bonchev–Trinajstić information content (AvgIpc) is 3.14. The SMILES string of the molecule is CC(=O)Nc1ccc2c(c1)/C(=N\OCC(O)CNC(C)(C)C)c1ccccc1-2.O=C(O)C(O)C(O)C(=O)O. The number of aliphatic hydroxyl groups excluding tert-OH is 3. The van der Waals surface area contributed by atoms with Crippen LogP contribution in [0.5, 0.6) is 0 Å². The van der Waals surface area contributed by atoms with Gasteiger partial charge in [0.05, 0.1) is 0 Å². The molecular weight excluding hydrogens is 498 g/mol. The minimum atomic E-state index is -2.27. The summed E-state index contributed by atoms with van der Waals surface area (Å²) < 4.78 is 0. The summed E-state index contributed by atoms with van der Waals surface area (Å²) in [6.45, 7) is 8.12. The van der Waals surface area contributed by atoms with Gasteiger partial charge in [0.2, 0.25) is 5.91 Å². The van der Waals surface area contributed by atoms with Crippen LogP contribution in [-0.2, 0) is 19.2 Å². The summed E-state index contributed by atoms with van der Waals surface area (Å²) >= 11 is 0. The molecule has 1 amide bonds. The molecule has 3 unspecified atom stereocenters. The van der Waals surface area contributed by atoms with E-state index in [2.05, 4.69) is 15.8 Å². The normalized spacial score (nSPS) is 15.3. The first kappa shape index (κ1) is 30.4. The van der Waals surface area contributed by atoms with Crippen molar-refractivity contribution in [1.29, 1.82) is 0 Å². The fraction of sp³-hybridized carbons (Fsp3) is 0.385. The van der Waals surface area contributed by atoms with E-state index >= 15 is 0 Å². The molecule has 0 bridgehead atoms. The average molecular weight is 532 g/mol. The first-order chi connectivity index (χ1) is 17.7. The Hall–Kier alpha value is -3.84. The molecule has 206 valence electrons. The highest BCUT2D eigenvalue weighted by molar-refractivity contribution is 6.24. The molecule has 2 aromatic rings. The standard InChI is InChI=1S/C22H27N3O3.C4H6O6/c1-14(26)24-15-9-10-18-17-7-5-6-8-19(17)21(20(18)11-15)25-28-13-16(27)12-23-22(2,3)4;5-1(3(7)8)2(6)4(9)10/h5-11,16,23,27H,12-13H2,1-4H3,(H,24,26);1-2,5-6H,(H,7,8)(H,9,10)/b25-21-;. The van der Waals surface area contributed by atoms with Crippen molar-refractivity contribution < 1.29 is 44.8 Å². The molecule has 0 radical (unpaired) electrons. The molecule has 38 heavy (non-hydrogen) atoms. The highest BCUT2D eigenvalue weighted by Gasteiger charge is 2.29. The van der Waals surface area contributed by atoms with E-state index in [0.29, 0.717) is 17.9 Å². The zero-order valence-electron chi connectivity index (χ0n) is 21.5. The number of hydrogen-bond donors (Lipinski definition) is 7. The predicted octanol–water partition coefficient (Wildman–Crippen LogP) is 1.02. The quantitative estimate of drug-likeness (QED) is 0.196. The number of nitrogens with zero attached hydrogens (tertiary/aromatic N) is 1. The second-order valence-corrected chi connectivity index (χ2v) is 9.57. The second-order valence-electron chi connectivity index (χ2n) is 9.57. The molecule has 2 aromatic carbocycles. The van der Waals surface area contributed by atoms with Gasteiger partial charge in [-0.1, -0.05) is 35.5 Å². The van der Waals surface area contributed by atoms with Crippen LogP contribution in [0.15, 0.2) is 47.6 Å². The molecule has 7 N–H and O–H groups in total. The highest BCUT2D eigenvalue weighted by Crippen LogP contribution is 2.38. The lowest BCUT2D eigenvalue weighted by atomic mass is 10.1. The van der Waals surface area contributed by atoms with Gasteiger partial charge in [-0.2, -0.15) is 0 Å². The van der Waals surface area contributed by atoms with E-state index in [1.165, 1.54) is 6.92 Å². The molecule has 0 saturated heterocycles. The molecule has 0 saturated carbocycles. The van der Waals surface area contributed by atoms with Gasteiger partial charge in [0, 0.05) is 35.8 Å². The Morgan fingerprint density at radius 2 is 1.45 bits per heavy atom. The van der Waals surface area contributed by atoms with Gasteiger partial charge in [0.15, 0.2) is 12.2 Å². The number of anilines is 1. The number of fused-ring (bicyclic) bond motifs is 3. The number of carbonyl (C=O) groups is 3. The van der Waals surface area contributed by atoms with E-state index in [4.69, 9.17) is 25.3 Å². The van der Waals surface area contributed by atoms with Crippen molar-refractivity contribution in [2.75, 3.05) is 18.5 Å². The summed E-state index contributed by atoms with van der Waals surface area (Å²) in [5.41, 5.74) is 5.33. The molecule has 0 spiro atoms. The first-order valence-electron chi connectivity index (χ1n) is 11.7. The molecule has 12 heteroatoms. The fourth-order valence-corrected chi connectivity index (χ4v) is 3.36. The van der Waals surface area contributed by atoms with Crippen LogP contribution in [0.4, 0.5) is 5.69 Å². The number of carbonyl (C=O) groups excluding carboxylic acids is 1. The Morgan fingerprint density at radius 3 is 1.97 bits per heavy atom. The third-order valence-electron chi connectivity index (χ3n) is 5.16. The number of β-amino-alcohol motifs (C(OH)–C–C–N with tert-alkyl or cyclic N) is 1. The molecular formula is C26H33N3O9. The lowest BCUT2D eigenvalue weighted by Crippen LogP contribution is -2.42. The number of benzene rings is 2. The number of rotatable bonds is 9. The first-order valence-corrected chi connectivity index (χ1v) is 11.7. The molecule has 0 aromatic heterocycles. The number of aliphatic carboxylic acids is 2. The number of nitrogens with one attached hydrogen (secondary N) is 2. The number of aliphatic hydroxyl groups is 3. The van der Waals surface area contributed by atoms with E-state index in [-0.39, 0.29) is 18.1 Å². The maximum atomic E-state index is 11.4. The summed E-state index contributed by atoms with van der Waals surface area (Å²) in [4.78, 5) is 36.4. The van der Waals surface area contributed by atoms with Crippen LogP contribution in [0, 0.1) is 0 Å². The maximum Gasteiger partial charge on any atom is 0.335 e. The largest absolute Gasteiger partial charge is 0.479 e. The van der Waals surface area contributed by atoms with Crippen LogP contribution < -0.4 is 10.6 Å². The summed E-state index contributed by atoms with van der Waals surface area (Å²) in [5.74, 6) is -3.66. The third-order valence-corrected chi connectivity index (χ3v) is 5.16. The highest BCUT2D eigenvalue weighted by atomic mass is 16.6. The lowest BCUT2D eigenvalue weighted by molar-refractivity contribution is -0.165. The molecule has 1 aliphatic carbocycles. The Bertz CT molecular complexity index is 1170. The molecule has 0 aliphatic heterocycles. The molecule has 3 rings (SSSR count). The van der Waals surface area contributed by atoms with Crippen molar-refractivity contribution in [2.45, 2.75) is 51.5 Å². The van der Waals surface area contributed by atoms with Gasteiger partial charge in [0.25, 0.3) is 0 Å². The van der Waals surface area contributed by atoms with Gasteiger partial charge < -0.3 is 41.0 Å². The lowest BCUT2D eigenvalue weighted by Gasteiger charge is -2.22. The number of amides is 1. The summed E-state index contributed by atoms with van der Waals surface area (Å²) in [5, 5.41) is 53.0. The van der Waals surface area contributed by atoms with Crippen LogP contribution in [0.1, 0.15) is 38.8 Å². The van der Waals surface area contributed by atoms with Gasteiger partial charge in [-0.25, -0.2) is 9.59 Å². The fourth-order valence-electron chi connectivity index (χ4n) is 3.36. The van der Waals surface area contributed by atoms with Gasteiger partial charge in [-0.3, -0.25) is 4.79 Å². The zero-order chi connectivity index (χ0) is 28.6. The smallest absolute Gasteiger partial charge is 0.335 e. The Kier molecular flexibility index (Phi) is 10.5. The van der Waals surface area contributed by atoms with Crippen LogP contribution in [0.3, 0.4) is 0 Å². The van der Waals surface area contributed by atoms with Gasteiger partial charge >= 0.3 is 11.9 Å². The van der Waals surface area contributed by atoms with E-state index in [1.54, 1.807) is 0 Å². The van der Waals surface area contributed by atoms with Crippen molar-refractivity contribution in [1.82, 2.24) is 5.32 Å². The maximum absolute atomic E-state index is 11.4. The van der Waals surface area contributed by atoms with E-state index < -0.39 is 30.3 Å². The summed E-state index contributed by atoms with van der Waals surface area (Å²) in [7, 11) is 0. The molecule has 3 atom stereocenters. The minimum Gasteiger partial charge on any atom is -0.479 e. The van der Waals surface area contributed by atoms with Crippen molar-refractivity contribution in [3.63, 3.8) is 0 Å². The topological polar surface area (TPSA) is 198 Å². The minimum absolute atomic E-state index is 0.0731. The van der Waals surface area contributed by atoms with Crippen molar-refractivity contribution >= 4 is 29.2 Å². The summed E-state index contributed by atoms with van der Waals surface area (Å²) in [6.07, 6.45) is -5.19. The monoisotopic (exact) mass is 531 g/mol. The Balaban J connectivity index is 0.000000432. The van der Waals surface area contributed by atoms with Crippen LogP contribution in [0.2, 0.25) is 0 Å². The second kappa shape index (κ2) is 13.1. The number of carboxylic acid groups (broad SMARTS) is 2. The van der Waals surface area contributed by atoms with Crippen LogP contribution in [-0.4, -0.2) is 86.1 Å². The Labute approximate surface area is 219 Å². The Morgan fingerprint density at radius 1 is 0.895 bits per heavy atom. The zero-order valence-corrected chi connectivity index (χ0v) is 21.5. The molecule has 0 heterocycles. The van der Waals surface area contributed by atoms with Gasteiger partial charge in [-0.15, -0.1) is 0 Å². The third kappa shape index (κ3) is 8.63. The number of oxime groups is 1. The summed E-state index contributed by atoms with van der Waals surface area (Å²) in [6, 6.07) is 13.7. The van der Waals surface area contributed by atoms with Crippen molar-refractivity contribution in [3.8, 4) is 11.1 Å². The van der Waals surface area contributed by atoms with Gasteiger partial charge in [-0.05, 0) is 44.0 Å². The van der Waals surface area contributed by atoms with Crippen molar-refractivity contribution in [2.24, 2.45) is 5.16 Å². The van der Waals surface area contributed by atoms with E-state index in [1.807, 2.05) is 63.2 Å². The molecule has 12 nitrogen and oxygen atoms in total. The number of hydrogen-bond acceptors (Lipinski definition) is 9. The number of carboxylic acids is 2. The van der Waals surface area contributed by atoms with Crippen LogP contribution in [0.25, 0.3) is 11.1 Å². The predicted molar refractivity (Wildman–Crippen MR) is 139 cm³/mol. The van der Waals surface area contributed by atoms with Crippen LogP contribution >= 0.6 is 0 Å². The van der Waals surface area contributed by atoms with E-state index in [9.17, 15) is 19.5 Å².